The molecule has 0 saturated carbocycles. The Kier molecular flexibility index (Phi) is 13.2. The molecule has 170 valence electrons. The van der Waals surface area contributed by atoms with E-state index in [-0.39, 0.29) is 5.97 Å². The molecular formula is C28H41NO2. The number of hydrogen-bond donors (Lipinski definition) is 0. The molecule has 2 aromatic carbocycles. The maximum atomic E-state index is 12.4. The highest BCUT2D eigenvalue weighted by molar-refractivity contribution is 5.73. The van der Waals surface area contributed by atoms with Gasteiger partial charge >= 0.3 is 5.97 Å². The summed E-state index contributed by atoms with van der Waals surface area (Å²) in [6.45, 7) is 2.27. The Morgan fingerprint density at radius 2 is 1.00 bits per heavy atom. The van der Waals surface area contributed by atoms with E-state index in [4.69, 9.17) is 4.84 Å². The smallest absolute Gasteiger partial charge is 0.332 e. The Bertz CT molecular complexity index is 647. The van der Waals surface area contributed by atoms with Gasteiger partial charge in [0.15, 0.2) is 0 Å². The Balaban J connectivity index is 1.56. The second-order valence-electron chi connectivity index (χ2n) is 8.42. The number of hydrogen-bond acceptors (Lipinski definition) is 3. The van der Waals surface area contributed by atoms with Gasteiger partial charge in [-0.05, 0) is 30.7 Å². The molecule has 3 heteroatoms. The summed E-state index contributed by atoms with van der Waals surface area (Å²) in [7, 11) is 0. The van der Waals surface area contributed by atoms with Gasteiger partial charge in [-0.3, -0.25) is 0 Å². The predicted molar refractivity (Wildman–Crippen MR) is 131 cm³/mol. The maximum absolute atomic E-state index is 12.4. The van der Waals surface area contributed by atoms with Crippen molar-refractivity contribution in [3.63, 3.8) is 0 Å². The molecule has 0 aliphatic rings. The lowest BCUT2D eigenvalue weighted by Crippen LogP contribution is -2.22. The monoisotopic (exact) mass is 423 g/mol. The SMILES string of the molecule is CCCCCCCCCCCCCCCC(=O)ON(c1ccccc1)c1ccccc1. The van der Waals surface area contributed by atoms with Crippen molar-refractivity contribution in [3.05, 3.63) is 60.7 Å². The topological polar surface area (TPSA) is 29.5 Å². The first kappa shape index (κ1) is 25.0. The van der Waals surface area contributed by atoms with Gasteiger partial charge in [-0.25, -0.2) is 4.79 Å². The Labute approximate surface area is 189 Å². The van der Waals surface area contributed by atoms with Crippen molar-refractivity contribution in [2.75, 3.05) is 5.06 Å². The lowest BCUT2D eigenvalue weighted by molar-refractivity contribution is -0.143. The summed E-state index contributed by atoms with van der Waals surface area (Å²) in [5.41, 5.74) is 1.71. The molecular weight excluding hydrogens is 382 g/mol. The van der Waals surface area contributed by atoms with Gasteiger partial charge < -0.3 is 4.84 Å². The highest BCUT2D eigenvalue weighted by atomic mass is 16.7. The van der Waals surface area contributed by atoms with E-state index in [0.29, 0.717) is 6.42 Å². The standard InChI is InChI=1S/C28H41NO2/c1-2-3-4-5-6-7-8-9-10-11-12-13-20-25-28(30)31-29(26-21-16-14-17-22-26)27-23-18-15-19-24-27/h14-19,21-24H,2-13,20,25H2,1H3. The molecule has 0 amide bonds. The van der Waals surface area contributed by atoms with Crippen LogP contribution in [0.25, 0.3) is 0 Å². The Morgan fingerprint density at radius 3 is 1.42 bits per heavy atom. The molecule has 0 bridgehead atoms. The number of carbonyl (C=O) groups is 1. The number of nitrogens with zero attached hydrogens (tertiary/aromatic N) is 1. The van der Waals surface area contributed by atoms with E-state index < -0.39 is 0 Å². The lowest BCUT2D eigenvalue weighted by Gasteiger charge is -2.23. The molecule has 0 radical (unpaired) electrons. The molecule has 0 aromatic heterocycles. The van der Waals surface area contributed by atoms with E-state index in [9.17, 15) is 4.79 Å². The van der Waals surface area contributed by atoms with Gasteiger partial charge in [-0.2, -0.15) is 5.06 Å². The van der Waals surface area contributed by atoms with E-state index in [1.54, 1.807) is 5.06 Å². The summed E-state index contributed by atoms with van der Waals surface area (Å²) in [5.74, 6) is -0.171. The summed E-state index contributed by atoms with van der Waals surface area (Å²) in [4.78, 5) is 18.2. The molecule has 0 N–H and O–H groups in total. The van der Waals surface area contributed by atoms with Crippen LogP contribution in [0.4, 0.5) is 11.4 Å². The zero-order valence-electron chi connectivity index (χ0n) is 19.4. The van der Waals surface area contributed by atoms with Crippen LogP contribution in [0.2, 0.25) is 0 Å². The predicted octanol–water partition coefficient (Wildman–Crippen LogP) is 8.76. The van der Waals surface area contributed by atoms with Crippen LogP contribution in [0.1, 0.15) is 96.8 Å². The molecule has 0 fully saturated rings. The third-order valence-corrected chi connectivity index (χ3v) is 5.66. The van der Waals surface area contributed by atoms with Crippen molar-refractivity contribution < 1.29 is 9.63 Å². The fourth-order valence-electron chi connectivity index (χ4n) is 3.82. The van der Waals surface area contributed by atoms with Crippen LogP contribution in [0.3, 0.4) is 0 Å². The summed E-state index contributed by atoms with van der Waals surface area (Å²) in [6, 6.07) is 19.5. The molecule has 0 unspecified atom stereocenters. The quantitative estimate of drug-likeness (QED) is 0.188. The van der Waals surface area contributed by atoms with Crippen molar-refractivity contribution in [2.45, 2.75) is 96.8 Å². The first-order chi connectivity index (χ1) is 15.3. The first-order valence-electron chi connectivity index (χ1n) is 12.4. The molecule has 0 aliphatic heterocycles. The van der Waals surface area contributed by atoms with Gasteiger partial charge in [0.2, 0.25) is 0 Å². The summed E-state index contributed by atoms with van der Waals surface area (Å²) in [6.07, 6.45) is 17.4. The van der Waals surface area contributed by atoms with Crippen LogP contribution in [-0.2, 0) is 9.63 Å². The van der Waals surface area contributed by atoms with Crippen LogP contribution in [0.15, 0.2) is 60.7 Å². The number of unbranched alkanes of at least 4 members (excludes halogenated alkanes) is 12. The van der Waals surface area contributed by atoms with E-state index >= 15 is 0 Å². The fourth-order valence-corrected chi connectivity index (χ4v) is 3.82. The van der Waals surface area contributed by atoms with Gasteiger partial charge in [-0.1, -0.05) is 120 Å². The minimum absolute atomic E-state index is 0.171. The van der Waals surface area contributed by atoms with Gasteiger partial charge in [0, 0.05) is 6.42 Å². The first-order valence-corrected chi connectivity index (χ1v) is 12.4. The average molecular weight is 424 g/mol. The number of benzene rings is 2. The number of anilines is 2. The summed E-state index contributed by atoms with van der Waals surface area (Å²) < 4.78 is 0. The largest absolute Gasteiger partial charge is 0.336 e. The molecule has 0 saturated heterocycles. The fraction of sp³-hybridized carbons (Fsp3) is 0.536. The molecule has 0 aliphatic carbocycles. The van der Waals surface area contributed by atoms with Crippen molar-refractivity contribution in [2.24, 2.45) is 0 Å². The van der Waals surface area contributed by atoms with Gasteiger partial charge in [0.05, 0.1) is 11.4 Å². The highest BCUT2D eigenvalue weighted by Gasteiger charge is 2.14. The van der Waals surface area contributed by atoms with Gasteiger partial charge in [0.1, 0.15) is 0 Å². The van der Waals surface area contributed by atoms with Crippen LogP contribution in [0.5, 0.6) is 0 Å². The van der Waals surface area contributed by atoms with Crippen LogP contribution in [0, 0.1) is 0 Å². The van der Waals surface area contributed by atoms with Crippen molar-refractivity contribution in [1.29, 1.82) is 0 Å². The van der Waals surface area contributed by atoms with E-state index in [1.165, 1.54) is 70.6 Å². The third kappa shape index (κ3) is 11.1. The van der Waals surface area contributed by atoms with Crippen LogP contribution >= 0.6 is 0 Å². The molecule has 2 rings (SSSR count). The Hall–Kier alpha value is -2.29. The molecule has 0 atom stereocenters. The summed E-state index contributed by atoms with van der Waals surface area (Å²) in [5, 5.41) is 1.63. The van der Waals surface area contributed by atoms with Crippen molar-refractivity contribution in [1.82, 2.24) is 0 Å². The van der Waals surface area contributed by atoms with Crippen LogP contribution in [-0.4, -0.2) is 5.97 Å². The van der Waals surface area contributed by atoms with Gasteiger partial charge in [0.25, 0.3) is 0 Å². The second-order valence-corrected chi connectivity index (χ2v) is 8.42. The van der Waals surface area contributed by atoms with Crippen molar-refractivity contribution >= 4 is 17.3 Å². The van der Waals surface area contributed by atoms with E-state index in [2.05, 4.69) is 6.92 Å². The van der Waals surface area contributed by atoms with Crippen molar-refractivity contribution in [3.8, 4) is 0 Å². The minimum Gasteiger partial charge on any atom is -0.336 e. The number of rotatable bonds is 17. The van der Waals surface area contributed by atoms with E-state index in [0.717, 1.165) is 24.2 Å². The zero-order chi connectivity index (χ0) is 22.0. The Morgan fingerprint density at radius 1 is 0.613 bits per heavy atom. The number of carbonyl (C=O) groups excluding carboxylic acids is 1. The number of para-hydroxylation sites is 2. The highest BCUT2D eigenvalue weighted by Crippen LogP contribution is 2.25. The van der Waals surface area contributed by atoms with Crippen LogP contribution < -0.4 is 5.06 Å². The molecule has 2 aromatic rings. The lowest BCUT2D eigenvalue weighted by atomic mass is 10.0. The maximum Gasteiger partial charge on any atom is 0.332 e. The second kappa shape index (κ2) is 16.4. The molecule has 0 spiro atoms. The summed E-state index contributed by atoms with van der Waals surface area (Å²) >= 11 is 0. The minimum atomic E-state index is -0.171. The molecule has 3 nitrogen and oxygen atoms in total. The van der Waals surface area contributed by atoms with Gasteiger partial charge in [-0.15, -0.1) is 0 Å². The molecule has 31 heavy (non-hydrogen) atoms. The van der Waals surface area contributed by atoms with E-state index in [1.807, 2.05) is 60.7 Å². The normalized spacial score (nSPS) is 10.7. The third-order valence-electron chi connectivity index (χ3n) is 5.66. The zero-order valence-corrected chi connectivity index (χ0v) is 19.4. The average Bonchev–Trinajstić information content (AvgIpc) is 2.81. The molecule has 0 heterocycles.